The number of amides is 1. The van der Waals surface area contributed by atoms with Crippen LogP contribution in [0.4, 0.5) is 17.6 Å². The third-order valence-electron chi connectivity index (χ3n) is 6.30. The van der Waals surface area contributed by atoms with Crippen molar-refractivity contribution in [3.05, 3.63) is 35.6 Å². The minimum Gasteiger partial charge on any atom is -0.475 e. The van der Waals surface area contributed by atoms with Crippen LogP contribution in [-0.2, 0) is 16.1 Å². The SMILES string of the molecule is CCC1=N[C@@]2(CC[C@@H]3CN(Cc4ccc(F)cc4)C[C@@H]32)C(=O)N1C.O=C(O)C(F)(F)F. The highest BCUT2D eigenvalue weighted by molar-refractivity contribution is 6.08. The van der Waals surface area contributed by atoms with Gasteiger partial charge in [0, 0.05) is 39.0 Å². The highest BCUT2D eigenvalue weighted by Crippen LogP contribution is 2.50. The lowest BCUT2D eigenvalue weighted by Crippen LogP contribution is -2.45. The molecular formula is C21H25F4N3O3. The normalized spacial score (nSPS) is 27.9. The lowest BCUT2D eigenvalue weighted by atomic mass is 9.85. The van der Waals surface area contributed by atoms with Gasteiger partial charge in [-0.25, -0.2) is 9.18 Å². The first-order chi connectivity index (χ1) is 14.5. The molecule has 2 heterocycles. The molecule has 31 heavy (non-hydrogen) atoms. The number of carbonyl (C=O) groups is 2. The third kappa shape index (κ3) is 4.58. The third-order valence-corrected chi connectivity index (χ3v) is 6.30. The number of hydrogen-bond acceptors (Lipinski definition) is 4. The molecule has 10 heteroatoms. The first-order valence-corrected chi connectivity index (χ1v) is 10.1. The molecule has 1 saturated carbocycles. The molecule has 2 aliphatic heterocycles. The molecule has 2 fully saturated rings. The molecular weight excluding hydrogens is 418 g/mol. The molecule has 1 aromatic rings. The van der Waals surface area contributed by atoms with Gasteiger partial charge in [0.25, 0.3) is 5.91 Å². The van der Waals surface area contributed by atoms with Gasteiger partial charge in [-0.15, -0.1) is 0 Å². The topological polar surface area (TPSA) is 73.2 Å². The van der Waals surface area contributed by atoms with Crippen LogP contribution in [0.3, 0.4) is 0 Å². The lowest BCUT2D eigenvalue weighted by molar-refractivity contribution is -0.192. The lowest BCUT2D eigenvalue weighted by Gasteiger charge is -2.27. The quantitative estimate of drug-likeness (QED) is 0.728. The van der Waals surface area contributed by atoms with E-state index in [4.69, 9.17) is 14.9 Å². The monoisotopic (exact) mass is 443 g/mol. The van der Waals surface area contributed by atoms with E-state index in [1.54, 1.807) is 4.90 Å². The van der Waals surface area contributed by atoms with Crippen molar-refractivity contribution < 1.29 is 32.3 Å². The molecule has 4 rings (SSSR count). The van der Waals surface area contributed by atoms with Gasteiger partial charge in [-0.1, -0.05) is 19.1 Å². The van der Waals surface area contributed by atoms with Crippen molar-refractivity contribution >= 4 is 17.7 Å². The Morgan fingerprint density at radius 3 is 2.39 bits per heavy atom. The molecule has 0 radical (unpaired) electrons. The van der Waals surface area contributed by atoms with Crippen LogP contribution >= 0.6 is 0 Å². The summed E-state index contributed by atoms with van der Waals surface area (Å²) in [5, 5.41) is 7.12. The number of hydrogen-bond donors (Lipinski definition) is 1. The van der Waals surface area contributed by atoms with Crippen molar-refractivity contribution in [3.8, 4) is 0 Å². The summed E-state index contributed by atoms with van der Waals surface area (Å²) in [4.78, 5) is 30.9. The summed E-state index contributed by atoms with van der Waals surface area (Å²) in [6, 6.07) is 6.73. The highest BCUT2D eigenvalue weighted by atomic mass is 19.4. The number of rotatable bonds is 3. The Kier molecular flexibility index (Phi) is 6.40. The van der Waals surface area contributed by atoms with Crippen LogP contribution in [0.25, 0.3) is 0 Å². The summed E-state index contributed by atoms with van der Waals surface area (Å²) in [6.45, 7) is 4.79. The number of likely N-dealkylation sites (N-methyl/N-ethyl adjacent to an activating group) is 1. The van der Waals surface area contributed by atoms with Crippen LogP contribution in [0.1, 0.15) is 31.7 Å². The van der Waals surface area contributed by atoms with Gasteiger partial charge in [-0.05, 0) is 36.5 Å². The second-order valence-electron chi connectivity index (χ2n) is 8.20. The van der Waals surface area contributed by atoms with Gasteiger partial charge in [-0.3, -0.25) is 14.7 Å². The number of fused-ring (bicyclic) bond motifs is 2. The van der Waals surface area contributed by atoms with Crippen molar-refractivity contribution in [1.82, 2.24) is 9.80 Å². The van der Waals surface area contributed by atoms with Crippen LogP contribution in [0.2, 0.25) is 0 Å². The number of aliphatic imine (C=N–C) groups is 1. The number of alkyl halides is 3. The molecule has 170 valence electrons. The second kappa shape index (κ2) is 8.57. The fourth-order valence-electron chi connectivity index (χ4n) is 4.84. The molecule has 1 spiro atoms. The predicted molar refractivity (Wildman–Crippen MR) is 105 cm³/mol. The second-order valence-corrected chi connectivity index (χ2v) is 8.20. The zero-order chi connectivity index (χ0) is 23.0. The molecule has 1 N–H and O–H groups in total. The Hall–Kier alpha value is -2.49. The molecule has 1 aliphatic carbocycles. The van der Waals surface area contributed by atoms with E-state index in [0.717, 1.165) is 50.3 Å². The highest BCUT2D eigenvalue weighted by Gasteiger charge is 2.60. The zero-order valence-electron chi connectivity index (χ0n) is 17.3. The largest absolute Gasteiger partial charge is 0.490 e. The number of likely N-dealkylation sites (tertiary alicyclic amines) is 1. The van der Waals surface area contributed by atoms with Gasteiger partial charge in [0.15, 0.2) is 0 Å². The van der Waals surface area contributed by atoms with Gasteiger partial charge < -0.3 is 10.0 Å². The first kappa shape index (κ1) is 23.2. The maximum absolute atomic E-state index is 13.1. The van der Waals surface area contributed by atoms with Crippen LogP contribution in [0.5, 0.6) is 0 Å². The van der Waals surface area contributed by atoms with E-state index in [0.29, 0.717) is 11.8 Å². The smallest absolute Gasteiger partial charge is 0.475 e. The summed E-state index contributed by atoms with van der Waals surface area (Å²) >= 11 is 0. The minimum absolute atomic E-state index is 0.190. The number of aliphatic carboxylic acids is 1. The molecule has 0 aromatic heterocycles. The van der Waals surface area contributed by atoms with Crippen molar-refractivity contribution in [2.75, 3.05) is 20.1 Å². The molecule has 1 aromatic carbocycles. The van der Waals surface area contributed by atoms with E-state index in [9.17, 15) is 22.4 Å². The van der Waals surface area contributed by atoms with Crippen molar-refractivity contribution in [3.63, 3.8) is 0 Å². The molecule has 3 atom stereocenters. The summed E-state index contributed by atoms with van der Waals surface area (Å²) in [5.74, 6) is -0.975. The Morgan fingerprint density at radius 1 is 1.26 bits per heavy atom. The van der Waals surface area contributed by atoms with Gasteiger partial charge in [0.05, 0.1) is 0 Å². The van der Waals surface area contributed by atoms with Crippen LogP contribution < -0.4 is 0 Å². The van der Waals surface area contributed by atoms with E-state index in [-0.39, 0.29) is 11.7 Å². The molecule has 3 aliphatic rings. The van der Waals surface area contributed by atoms with Crippen molar-refractivity contribution in [2.45, 2.75) is 44.4 Å². The standard InChI is InChI=1S/C19H24FN3O.C2HF3O2/c1-3-17-21-19(18(24)22(17)2)9-8-14-11-23(12-16(14)19)10-13-4-6-15(20)7-5-13;3-2(4,5)1(6)7/h4-7,14,16H,3,8-12H2,1-2H3;(H,6,7)/t14-,16+,19-;/m1./s1. The van der Waals surface area contributed by atoms with E-state index in [1.807, 2.05) is 19.2 Å². The first-order valence-electron chi connectivity index (χ1n) is 10.1. The number of benzene rings is 1. The molecule has 0 bridgehead atoms. The van der Waals surface area contributed by atoms with Gasteiger partial charge in [0.2, 0.25) is 0 Å². The summed E-state index contributed by atoms with van der Waals surface area (Å²) in [5.41, 5.74) is 0.612. The fraction of sp³-hybridized carbons (Fsp3) is 0.571. The number of nitrogens with zero attached hydrogens (tertiary/aromatic N) is 3. The van der Waals surface area contributed by atoms with Crippen LogP contribution in [-0.4, -0.2) is 64.5 Å². The molecule has 6 nitrogen and oxygen atoms in total. The molecule has 1 amide bonds. The Bertz CT molecular complexity index is 872. The predicted octanol–water partition coefficient (Wildman–Crippen LogP) is 3.32. The zero-order valence-corrected chi connectivity index (χ0v) is 17.3. The summed E-state index contributed by atoms with van der Waals surface area (Å²) < 4.78 is 44.8. The van der Waals surface area contributed by atoms with Gasteiger partial charge >= 0.3 is 12.1 Å². The Morgan fingerprint density at radius 2 is 1.87 bits per heavy atom. The van der Waals surface area contributed by atoms with E-state index < -0.39 is 17.7 Å². The van der Waals surface area contributed by atoms with Crippen molar-refractivity contribution in [1.29, 1.82) is 0 Å². The average molecular weight is 443 g/mol. The minimum atomic E-state index is -5.08. The molecule has 1 saturated heterocycles. The number of carbonyl (C=O) groups excluding carboxylic acids is 1. The maximum Gasteiger partial charge on any atom is 0.490 e. The Labute approximate surface area is 177 Å². The van der Waals surface area contributed by atoms with E-state index >= 15 is 0 Å². The van der Waals surface area contributed by atoms with Crippen LogP contribution in [0, 0.1) is 17.7 Å². The van der Waals surface area contributed by atoms with Gasteiger partial charge in [-0.2, -0.15) is 13.2 Å². The van der Waals surface area contributed by atoms with E-state index in [2.05, 4.69) is 11.8 Å². The molecule has 0 unspecified atom stereocenters. The summed E-state index contributed by atoms with van der Waals surface area (Å²) in [7, 11) is 1.86. The Balaban J connectivity index is 0.000000339. The number of halogens is 4. The van der Waals surface area contributed by atoms with Gasteiger partial charge in [0.1, 0.15) is 17.2 Å². The van der Waals surface area contributed by atoms with Crippen LogP contribution in [0.15, 0.2) is 29.3 Å². The summed E-state index contributed by atoms with van der Waals surface area (Å²) in [6.07, 6.45) is -2.31. The number of carboxylic acid groups (broad SMARTS) is 1. The number of carboxylic acids is 1. The maximum atomic E-state index is 13.1. The number of amidine groups is 1. The fourth-order valence-corrected chi connectivity index (χ4v) is 4.84. The van der Waals surface area contributed by atoms with Crippen molar-refractivity contribution in [2.24, 2.45) is 16.8 Å². The average Bonchev–Trinajstić information content (AvgIpc) is 3.33. The van der Waals surface area contributed by atoms with E-state index in [1.165, 1.54) is 12.1 Å².